The minimum atomic E-state index is -0.496. The summed E-state index contributed by atoms with van der Waals surface area (Å²) in [4.78, 5) is 49.0. The Hall–Kier alpha value is -4.72. The van der Waals surface area contributed by atoms with Gasteiger partial charge in [-0.3, -0.25) is 14.4 Å². The Morgan fingerprint density at radius 1 is 0.846 bits per heavy atom. The van der Waals surface area contributed by atoms with Crippen molar-refractivity contribution in [2.75, 3.05) is 64.2 Å². The molecule has 5 rings (SSSR count). The first-order valence-electron chi connectivity index (χ1n) is 18.0. The van der Waals surface area contributed by atoms with Crippen LogP contribution < -0.4 is 10.2 Å². The summed E-state index contributed by atoms with van der Waals surface area (Å²) in [5.41, 5.74) is 2.78. The number of hydrogen-bond donors (Lipinski definition) is 1. The Kier molecular flexibility index (Phi) is 14.2. The maximum Gasteiger partial charge on any atom is 0.308 e. The van der Waals surface area contributed by atoms with Crippen LogP contribution in [0.1, 0.15) is 68.4 Å². The average Bonchev–Trinajstić information content (AvgIpc) is 3.65. The van der Waals surface area contributed by atoms with Crippen LogP contribution in [0.3, 0.4) is 0 Å². The van der Waals surface area contributed by atoms with Gasteiger partial charge in [0.05, 0.1) is 57.8 Å². The Balaban J connectivity index is 0.966. The van der Waals surface area contributed by atoms with Crippen LogP contribution in [-0.2, 0) is 28.5 Å². The van der Waals surface area contributed by atoms with Gasteiger partial charge in [-0.05, 0) is 51.3 Å². The minimum Gasteiger partial charge on any atom is -0.460 e. The molecule has 13 heteroatoms. The van der Waals surface area contributed by atoms with E-state index in [9.17, 15) is 14.4 Å². The molecule has 2 amide bonds. The number of nitrogens with one attached hydrogen (secondary N) is 1. The molecule has 1 fully saturated rings. The van der Waals surface area contributed by atoms with E-state index < -0.39 is 5.60 Å². The fraction of sp³-hybridized carbons (Fsp3) is 0.487. The number of aromatic nitrogens is 2. The van der Waals surface area contributed by atoms with Crippen molar-refractivity contribution in [2.24, 2.45) is 11.0 Å². The van der Waals surface area contributed by atoms with Gasteiger partial charge in [0.15, 0.2) is 0 Å². The van der Waals surface area contributed by atoms with Gasteiger partial charge in [-0.15, -0.1) is 0 Å². The predicted octanol–water partition coefficient (Wildman–Crippen LogP) is 4.83. The van der Waals surface area contributed by atoms with E-state index in [2.05, 4.69) is 37.4 Å². The first kappa shape index (κ1) is 38.5. The molecule has 13 nitrogen and oxygen atoms in total. The van der Waals surface area contributed by atoms with Crippen LogP contribution in [-0.4, -0.2) is 104 Å². The quantitative estimate of drug-likeness (QED) is 0.153. The van der Waals surface area contributed by atoms with E-state index >= 15 is 0 Å². The monoisotopic (exact) mass is 714 g/mol. The lowest BCUT2D eigenvalue weighted by atomic mass is 9.94. The highest BCUT2D eigenvalue weighted by Gasteiger charge is 2.35. The number of esters is 1. The van der Waals surface area contributed by atoms with E-state index in [0.29, 0.717) is 58.2 Å². The molecular formula is C39H50N6O7. The summed E-state index contributed by atoms with van der Waals surface area (Å²) >= 11 is 0. The molecule has 52 heavy (non-hydrogen) atoms. The molecule has 0 radical (unpaired) electrons. The second kappa shape index (κ2) is 19.2. The second-order valence-corrected chi connectivity index (χ2v) is 13.7. The first-order valence-corrected chi connectivity index (χ1v) is 18.0. The largest absolute Gasteiger partial charge is 0.460 e. The van der Waals surface area contributed by atoms with Crippen molar-refractivity contribution in [3.8, 4) is 11.3 Å². The van der Waals surface area contributed by atoms with Gasteiger partial charge in [0, 0.05) is 55.4 Å². The number of anilines is 1. The van der Waals surface area contributed by atoms with E-state index in [0.717, 1.165) is 41.9 Å². The van der Waals surface area contributed by atoms with E-state index in [-0.39, 0.29) is 42.8 Å². The topological polar surface area (TPSA) is 145 Å². The molecule has 1 atom stereocenters. The van der Waals surface area contributed by atoms with Crippen LogP contribution in [0.25, 0.3) is 11.3 Å². The second-order valence-electron chi connectivity index (χ2n) is 13.7. The number of hydrogen-bond acceptors (Lipinski definition) is 11. The zero-order valence-corrected chi connectivity index (χ0v) is 30.4. The number of benzene rings is 2. The molecule has 0 spiro atoms. The summed E-state index contributed by atoms with van der Waals surface area (Å²) in [5, 5.41) is 8.98. The molecular weight excluding hydrogens is 664 g/mol. The molecule has 2 aromatic carbocycles. The molecule has 0 aliphatic carbocycles. The predicted molar refractivity (Wildman–Crippen MR) is 197 cm³/mol. The zero-order valence-electron chi connectivity index (χ0n) is 30.4. The third-order valence-electron chi connectivity index (χ3n) is 8.65. The molecule has 1 unspecified atom stereocenters. The van der Waals surface area contributed by atoms with Crippen LogP contribution in [0.5, 0.6) is 0 Å². The third-order valence-corrected chi connectivity index (χ3v) is 8.65. The molecule has 3 aromatic rings. The van der Waals surface area contributed by atoms with Crippen molar-refractivity contribution < 1.29 is 33.3 Å². The Bertz CT molecular complexity index is 1620. The first-order chi connectivity index (χ1) is 25.2. The van der Waals surface area contributed by atoms with Crippen LogP contribution >= 0.6 is 0 Å². The lowest BCUT2D eigenvalue weighted by molar-refractivity contribution is -0.156. The van der Waals surface area contributed by atoms with Crippen LogP contribution in [0.2, 0.25) is 0 Å². The van der Waals surface area contributed by atoms with Crippen molar-refractivity contribution in [1.82, 2.24) is 20.3 Å². The van der Waals surface area contributed by atoms with E-state index in [1.54, 1.807) is 23.5 Å². The van der Waals surface area contributed by atoms with Gasteiger partial charge in [0.1, 0.15) is 17.7 Å². The maximum absolute atomic E-state index is 13.5. The summed E-state index contributed by atoms with van der Waals surface area (Å²) in [6, 6.07) is 19.3. The number of piperidine rings is 1. The summed E-state index contributed by atoms with van der Waals surface area (Å²) in [7, 11) is 0. The summed E-state index contributed by atoms with van der Waals surface area (Å²) in [6.07, 6.45) is 5.78. The van der Waals surface area contributed by atoms with Crippen LogP contribution in [0.15, 0.2) is 72.1 Å². The molecule has 1 aromatic heterocycles. The molecule has 0 bridgehead atoms. The van der Waals surface area contributed by atoms with E-state index in [1.807, 2.05) is 63.4 Å². The summed E-state index contributed by atoms with van der Waals surface area (Å²) < 4.78 is 21.6. The smallest absolute Gasteiger partial charge is 0.308 e. The van der Waals surface area contributed by atoms with Gasteiger partial charge in [-0.2, -0.15) is 5.10 Å². The summed E-state index contributed by atoms with van der Waals surface area (Å²) in [5.74, 6) is 0.339. The standard InChI is InChI=1S/C39H50N6O7/c1-39(2,3)52-36(46)16-21-49-23-25-51-26-24-50-22-18-40-37(47)31-11-9-29(10-12-31)33-27-35(42-28-41-33)44-19-14-32(15-20-44)38(48)45-34(13-17-43-45)30-7-5-4-6-8-30/h4-12,17,27-28,32,34H,13-16,18-26H2,1-3H3,(H,40,47). The average molecular weight is 715 g/mol. The number of amides is 2. The fourth-order valence-electron chi connectivity index (χ4n) is 6.02. The number of ether oxygens (including phenoxy) is 4. The Labute approximate surface area is 305 Å². The molecule has 3 heterocycles. The number of rotatable bonds is 17. The van der Waals surface area contributed by atoms with Gasteiger partial charge in [-0.25, -0.2) is 15.0 Å². The van der Waals surface area contributed by atoms with Gasteiger partial charge >= 0.3 is 5.97 Å². The molecule has 1 N–H and O–H groups in total. The lowest BCUT2D eigenvalue weighted by Crippen LogP contribution is -2.41. The molecule has 2 aliphatic heterocycles. The molecule has 278 valence electrons. The summed E-state index contributed by atoms with van der Waals surface area (Å²) in [6.45, 7) is 9.49. The zero-order chi connectivity index (χ0) is 36.8. The minimum absolute atomic E-state index is 0.0393. The SMILES string of the molecule is CC(C)(C)OC(=O)CCOCCOCCOCCNC(=O)c1ccc(-c2cc(N3CCC(C(=O)N4N=CCC4c4ccccc4)CC3)ncn2)cc1. The Morgan fingerprint density at radius 2 is 1.52 bits per heavy atom. The number of carbonyl (C=O) groups is 3. The van der Waals surface area contributed by atoms with Gasteiger partial charge in [-0.1, -0.05) is 42.5 Å². The normalized spacial score (nSPS) is 16.2. The molecule has 2 aliphatic rings. The van der Waals surface area contributed by atoms with Crippen molar-refractivity contribution in [3.05, 3.63) is 78.1 Å². The number of nitrogens with zero attached hydrogens (tertiary/aromatic N) is 5. The van der Waals surface area contributed by atoms with Crippen molar-refractivity contribution in [3.63, 3.8) is 0 Å². The number of carbonyl (C=O) groups excluding carboxylic acids is 3. The van der Waals surface area contributed by atoms with Gasteiger partial charge < -0.3 is 29.2 Å². The van der Waals surface area contributed by atoms with E-state index in [4.69, 9.17) is 18.9 Å². The van der Waals surface area contributed by atoms with Crippen molar-refractivity contribution in [1.29, 1.82) is 0 Å². The fourth-order valence-corrected chi connectivity index (χ4v) is 6.02. The van der Waals surface area contributed by atoms with Gasteiger partial charge in [0.25, 0.3) is 5.91 Å². The molecule has 1 saturated heterocycles. The highest BCUT2D eigenvalue weighted by Crippen LogP contribution is 2.32. The van der Waals surface area contributed by atoms with Crippen molar-refractivity contribution in [2.45, 2.75) is 58.1 Å². The van der Waals surface area contributed by atoms with Crippen LogP contribution in [0.4, 0.5) is 5.82 Å². The highest BCUT2D eigenvalue weighted by molar-refractivity contribution is 5.94. The number of hydrazone groups is 1. The van der Waals surface area contributed by atoms with Crippen LogP contribution in [0, 0.1) is 5.92 Å². The van der Waals surface area contributed by atoms with E-state index in [1.165, 1.54) is 0 Å². The Morgan fingerprint density at radius 3 is 2.21 bits per heavy atom. The third kappa shape index (κ3) is 11.7. The maximum atomic E-state index is 13.5. The lowest BCUT2D eigenvalue weighted by Gasteiger charge is -2.34. The highest BCUT2D eigenvalue weighted by atomic mass is 16.6. The van der Waals surface area contributed by atoms with Gasteiger partial charge in [0.2, 0.25) is 5.91 Å². The molecule has 0 saturated carbocycles. The van der Waals surface area contributed by atoms with Crippen molar-refractivity contribution >= 4 is 29.8 Å².